The molecule has 0 aliphatic rings. The van der Waals surface area contributed by atoms with Gasteiger partial charge in [0.1, 0.15) is 5.82 Å². The van der Waals surface area contributed by atoms with Crippen molar-refractivity contribution in [2.45, 2.75) is 0 Å². The second-order valence-corrected chi connectivity index (χ2v) is 8.51. The van der Waals surface area contributed by atoms with Crippen LogP contribution in [0.2, 0.25) is 10.0 Å². The monoisotopic (exact) mass is 481 g/mol. The van der Waals surface area contributed by atoms with Crippen LogP contribution < -0.4 is 0 Å². The maximum absolute atomic E-state index is 6.25. The molecule has 0 aliphatic carbocycles. The van der Waals surface area contributed by atoms with Gasteiger partial charge in [0.15, 0.2) is 0 Å². The number of hydrogen-bond acceptors (Lipinski definition) is 1. The van der Waals surface area contributed by atoms with Gasteiger partial charge in [0.25, 0.3) is 0 Å². The van der Waals surface area contributed by atoms with Crippen LogP contribution in [0, 0.1) is 0 Å². The zero-order valence-electron chi connectivity index (χ0n) is 15.0. The van der Waals surface area contributed by atoms with E-state index in [-0.39, 0.29) is 0 Å². The molecule has 2 heterocycles. The third-order valence-corrected chi connectivity index (χ3v) is 5.78. The van der Waals surface area contributed by atoms with Crippen molar-refractivity contribution < 1.29 is 0 Å². The second kappa shape index (κ2) is 7.38. The van der Waals surface area contributed by atoms with Gasteiger partial charge in [-0.15, -0.1) is 0 Å². The average Bonchev–Trinajstić information content (AvgIpc) is 3.32. The molecule has 0 saturated carbocycles. The molecule has 5 rings (SSSR count). The van der Waals surface area contributed by atoms with Gasteiger partial charge >= 0.3 is 0 Å². The molecular formula is C23H14BrCl2N3. The molecule has 0 unspecified atom stereocenters. The molecule has 0 radical (unpaired) electrons. The Balaban J connectivity index is 1.75. The maximum atomic E-state index is 6.25. The van der Waals surface area contributed by atoms with Crippen LogP contribution in [0.25, 0.3) is 44.8 Å². The summed E-state index contributed by atoms with van der Waals surface area (Å²) in [5, 5.41) is 2.43. The van der Waals surface area contributed by atoms with Crippen molar-refractivity contribution in [2.24, 2.45) is 0 Å². The van der Waals surface area contributed by atoms with Crippen molar-refractivity contribution in [3.8, 4) is 33.9 Å². The molecule has 0 atom stereocenters. The Bertz CT molecular complexity index is 1290. The molecule has 3 nitrogen and oxygen atoms in total. The molecule has 6 heteroatoms. The first-order valence-corrected chi connectivity index (χ1v) is 10.5. The Morgan fingerprint density at radius 1 is 0.828 bits per heavy atom. The van der Waals surface area contributed by atoms with E-state index in [9.17, 15) is 0 Å². The summed E-state index contributed by atoms with van der Waals surface area (Å²) in [6, 6.07) is 21.6. The fourth-order valence-corrected chi connectivity index (χ4v) is 4.23. The van der Waals surface area contributed by atoms with Crippen molar-refractivity contribution in [3.05, 3.63) is 87.4 Å². The fraction of sp³-hybridized carbons (Fsp3) is 0. The second-order valence-electron chi connectivity index (χ2n) is 6.72. The maximum Gasteiger partial charge on any atom is 0.140 e. The van der Waals surface area contributed by atoms with E-state index in [4.69, 9.17) is 28.2 Å². The Morgan fingerprint density at radius 2 is 1.55 bits per heavy atom. The number of H-pyrrole nitrogens is 2. The number of halogens is 3. The summed E-state index contributed by atoms with van der Waals surface area (Å²) in [7, 11) is 0. The standard InChI is InChI=1S/C23H14BrCl2N3/c24-15-7-8-20-18(11-15)19(12-27-20)23-28-21(13-3-1-5-16(25)9-13)22(29-23)14-4-2-6-17(26)10-14/h1-12,27H,(H,28,29). The number of benzene rings is 3. The summed E-state index contributed by atoms with van der Waals surface area (Å²) in [6.45, 7) is 0. The Labute approximate surface area is 185 Å². The highest BCUT2D eigenvalue weighted by molar-refractivity contribution is 9.10. The number of nitrogens with zero attached hydrogens (tertiary/aromatic N) is 1. The summed E-state index contributed by atoms with van der Waals surface area (Å²) < 4.78 is 1.02. The van der Waals surface area contributed by atoms with Crippen molar-refractivity contribution in [2.75, 3.05) is 0 Å². The normalized spacial score (nSPS) is 11.3. The highest BCUT2D eigenvalue weighted by atomic mass is 79.9. The first-order chi connectivity index (χ1) is 14.1. The molecule has 0 saturated heterocycles. The smallest absolute Gasteiger partial charge is 0.140 e. The first-order valence-electron chi connectivity index (χ1n) is 8.97. The molecular weight excluding hydrogens is 469 g/mol. The topological polar surface area (TPSA) is 44.5 Å². The fourth-order valence-electron chi connectivity index (χ4n) is 3.49. The number of fused-ring (bicyclic) bond motifs is 1. The number of rotatable bonds is 3. The lowest BCUT2D eigenvalue weighted by molar-refractivity contribution is 1.31. The zero-order valence-corrected chi connectivity index (χ0v) is 18.1. The zero-order chi connectivity index (χ0) is 20.0. The molecule has 0 aliphatic heterocycles. The van der Waals surface area contributed by atoms with E-state index in [0.717, 1.165) is 49.3 Å². The van der Waals surface area contributed by atoms with Crippen molar-refractivity contribution in [3.63, 3.8) is 0 Å². The largest absolute Gasteiger partial charge is 0.360 e. The van der Waals surface area contributed by atoms with Crippen molar-refractivity contribution >= 4 is 50.0 Å². The van der Waals surface area contributed by atoms with Gasteiger partial charge in [-0.3, -0.25) is 0 Å². The molecule has 5 aromatic rings. The molecule has 29 heavy (non-hydrogen) atoms. The lowest BCUT2D eigenvalue weighted by atomic mass is 10.1. The van der Waals surface area contributed by atoms with Crippen LogP contribution >= 0.6 is 39.1 Å². The minimum atomic E-state index is 0.667. The summed E-state index contributed by atoms with van der Waals surface area (Å²) in [6.07, 6.45) is 1.97. The molecule has 0 fully saturated rings. The van der Waals surface area contributed by atoms with E-state index in [0.29, 0.717) is 10.0 Å². The summed E-state index contributed by atoms with van der Waals surface area (Å²) in [5.74, 6) is 0.777. The molecule has 2 aromatic heterocycles. The quantitative estimate of drug-likeness (QED) is 0.269. The highest BCUT2D eigenvalue weighted by Crippen LogP contribution is 2.37. The molecule has 3 aromatic carbocycles. The molecule has 0 bridgehead atoms. The van der Waals surface area contributed by atoms with E-state index < -0.39 is 0 Å². The Kier molecular flexibility index (Phi) is 4.70. The molecule has 0 amide bonds. The predicted octanol–water partition coefficient (Wildman–Crippen LogP) is 7.96. The van der Waals surface area contributed by atoms with E-state index in [1.54, 1.807) is 0 Å². The van der Waals surface area contributed by atoms with Crippen molar-refractivity contribution in [1.82, 2.24) is 15.0 Å². The van der Waals surface area contributed by atoms with Gasteiger partial charge in [-0.2, -0.15) is 0 Å². The van der Waals surface area contributed by atoms with Crippen LogP contribution in [0.3, 0.4) is 0 Å². The van der Waals surface area contributed by atoms with Gasteiger partial charge in [0.2, 0.25) is 0 Å². The van der Waals surface area contributed by atoms with Crippen LogP contribution in [-0.2, 0) is 0 Å². The van der Waals surface area contributed by atoms with Gasteiger partial charge in [-0.1, -0.05) is 63.4 Å². The van der Waals surface area contributed by atoms with E-state index >= 15 is 0 Å². The van der Waals surface area contributed by atoms with Crippen LogP contribution in [0.5, 0.6) is 0 Å². The van der Waals surface area contributed by atoms with Gasteiger partial charge in [0, 0.05) is 48.3 Å². The number of aromatic nitrogens is 3. The number of hydrogen-bond donors (Lipinski definition) is 2. The first kappa shape index (κ1) is 18.5. The third kappa shape index (κ3) is 3.48. The Morgan fingerprint density at radius 3 is 2.31 bits per heavy atom. The summed E-state index contributed by atoms with van der Waals surface area (Å²) >= 11 is 16.1. The lowest BCUT2D eigenvalue weighted by Gasteiger charge is -2.04. The highest BCUT2D eigenvalue weighted by Gasteiger charge is 2.18. The number of nitrogens with one attached hydrogen (secondary N) is 2. The number of imidazole rings is 1. The van der Waals surface area contributed by atoms with Crippen LogP contribution in [0.15, 0.2) is 77.4 Å². The molecule has 142 valence electrons. The van der Waals surface area contributed by atoms with Crippen LogP contribution in [0.4, 0.5) is 0 Å². The SMILES string of the molecule is Clc1cccc(-c2nc(-c3c[nH]c4ccc(Br)cc34)[nH]c2-c2cccc(Cl)c2)c1. The van der Waals surface area contributed by atoms with Gasteiger partial charge < -0.3 is 9.97 Å². The van der Waals surface area contributed by atoms with Crippen LogP contribution in [-0.4, -0.2) is 15.0 Å². The predicted molar refractivity (Wildman–Crippen MR) is 124 cm³/mol. The molecule has 2 N–H and O–H groups in total. The molecule has 0 spiro atoms. The lowest BCUT2D eigenvalue weighted by Crippen LogP contribution is -1.84. The van der Waals surface area contributed by atoms with E-state index in [2.05, 4.69) is 32.0 Å². The van der Waals surface area contributed by atoms with Crippen molar-refractivity contribution in [1.29, 1.82) is 0 Å². The summed E-state index contributed by atoms with van der Waals surface area (Å²) in [4.78, 5) is 11.8. The van der Waals surface area contributed by atoms with Gasteiger partial charge in [0.05, 0.1) is 11.4 Å². The van der Waals surface area contributed by atoms with Crippen LogP contribution in [0.1, 0.15) is 0 Å². The van der Waals surface area contributed by atoms with Gasteiger partial charge in [-0.25, -0.2) is 4.98 Å². The summed E-state index contributed by atoms with van der Waals surface area (Å²) in [5.41, 5.74) is 5.68. The Hall–Kier alpha value is -2.53. The van der Waals surface area contributed by atoms with E-state index in [1.165, 1.54) is 0 Å². The van der Waals surface area contributed by atoms with Gasteiger partial charge in [-0.05, 0) is 42.5 Å². The minimum Gasteiger partial charge on any atom is -0.360 e. The average molecular weight is 483 g/mol. The third-order valence-electron chi connectivity index (χ3n) is 4.81. The number of aromatic amines is 2. The van der Waals surface area contributed by atoms with E-state index in [1.807, 2.05) is 66.9 Å². The minimum absolute atomic E-state index is 0.667.